The second-order valence-corrected chi connectivity index (χ2v) is 2.65. The van der Waals surface area contributed by atoms with Crippen LogP contribution in [0.5, 0.6) is 0 Å². The third-order valence-corrected chi connectivity index (χ3v) is 1.94. The van der Waals surface area contributed by atoms with Gasteiger partial charge < -0.3 is 14.7 Å². The highest BCUT2D eigenvalue weighted by molar-refractivity contribution is 5.78. The van der Waals surface area contributed by atoms with E-state index in [0.29, 0.717) is 0 Å². The Bertz CT molecular complexity index is 147. The molecular formula is C7H13NO3. The van der Waals surface area contributed by atoms with Crippen LogP contribution in [0.1, 0.15) is 6.42 Å². The van der Waals surface area contributed by atoms with Crippen molar-refractivity contribution >= 4 is 5.91 Å². The van der Waals surface area contributed by atoms with Gasteiger partial charge >= 0.3 is 0 Å². The van der Waals surface area contributed by atoms with Gasteiger partial charge in [-0.05, 0) is 6.42 Å². The topological polar surface area (TPSA) is 49.8 Å². The number of aliphatic hydroxyl groups excluding tert-OH is 1. The summed E-state index contributed by atoms with van der Waals surface area (Å²) in [5.41, 5.74) is 0. The number of aliphatic hydroxyl groups is 1. The number of rotatable bonds is 3. The summed E-state index contributed by atoms with van der Waals surface area (Å²) in [6.07, 6.45) is 0.909. The van der Waals surface area contributed by atoms with Crippen molar-refractivity contribution < 1.29 is 14.6 Å². The Kier molecular flexibility index (Phi) is 2.84. The van der Waals surface area contributed by atoms with Gasteiger partial charge in [0.1, 0.15) is 6.61 Å². The zero-order valence-electron chi connectivity index (χ0n) is 6.62. The molecule has 0 saturated carbocycles. The number of carbonyl (C=O) groups is 1. The van der Waals surface area contributed by atoms with Crippen molar-refractivity contribution in [1.82, 2.24) is 4.90 Å². The lowest BCUT2D eigenvalue weighted by Crippen LogP contribution is -2.54. The minimum absolute atomic E-state index is 0.0298. The molecule has 0 radical (unpaired) electrons. The van der Waals surface area contributed by atoms with Gasteiger partial charge in [-0.15, -0.1) is 0 Å². The van der Waals surface area contributed by atoms with Gasteiger partial charge in [0.05, 0.1) is 12.6 Å². The fraction of sp³-hybridized carbons (Fsp3) is 0.857. The summed E-state index contributed by atoms with van der Waals surface area (Å²) >= 11 is 0. The Morgan fingerprint density at radius 2 is 2.55 bits per heavy atom. The van der Waals surface area contributed by atoms with Crippen molar-refractivity contribution in [3.8, 4) is 0 Å². The molecule has 0 aliphatic carbocycles. The second-order valence-electron chi connectivity index (χ2n) is 2.65. The van der Waals surface area contributed by atoms with Crippen LogP contribution in [0, 0.1) is 0 Å². The van der Waals surface area contributed by atoms with Crippen molar-refractivity contribution in [1.29, 1.82) is 0 Å². The van der Waals surface area contributed by atoms with Crippen LogP contribution in [0.25, 0.3) is 0 Å². The third kappa shape index (κ3) is 1.70. The van der Waals surface area contributed by atoms with Crippen molar-refractivity contribution in [2.45, 2.75) is 12.5 Å². The van der Waals surface area contributed by atoms with Crippen LogP contribution in [0.15, 0.2) is 0 Å². The fourth-order valence-electron chi connectivity index (χ4n) is 1.17. The highest BCUT2D eigenvalue weighted by Crippen LogP contribution is 2.16. The normalized spacial score (nSPS) is 23.1. The van der Waals surface area contributed by atoms with E-state index in [-0.39, 0.29) is 25.2 Å². The zero-order valence-corrected chi connectivity index (χ0v) is 6.62. The molecule has 1 heterocycles. The molecule has 0 aromatic heterocycles. The maximum Gasteiger partial charge on any atom is 0.248 e. The summed E-state index contributed by atoms with van der Waals surface area (Å²) in [5, 5.41) is 8.74. The molecule has 1 aliphatic heterocycles. The Balaban J connectivity index is 2.30. The molecule has 1 unspecified atom stereocenters. The van der Waals surface area contributed by atoms with Crippen LogP contribution in [0.2, 0.25) is 0 Å². The first-order valence-corrected chi connectivity index (χ1v) is 3.69. The third-order valence-electron chi connectivity index (χ3n) is 1.94. The van der Waals surface area contributed by atoms with E-state index in [0.717, 1.165) is 13.0 Å². The van der Waals surface area contributed by atoms with E-state index in [1.165, 1.54) is 7.11 Å². The molecule has 1 fully saturated rings. The standard InChI is InChI=1S/C7H13NO3/c1-11-5-7(10)8-3-2-6(8)4-9/h6,9H,2-5H2,1H3. The average molecular weight is 159 g/mol. The molecule has 0 spiro atoms. The van der Waals surface area contributed by atoms with Crippen molar-refractivity contribution in [2.75, 3.05) is 26.9 Å². The lowest BCUT2D eigenvalue weighted by atomic mass is 10.0. The first-order chi connectivity index (χ1) is 5.29. The van der Waals surface area contributed by atoms with Crippen LogP contribution in [-0.2, 0) is 9.53 Å². The largest absolute Gasteiger partial charge is 0.394 e. The summed E-state index contributed by atoms with van der Waals surface area (Å²) in [4.78, 5) is 12.7. The molecule has 1 rings (SSSR count). The molecule has 1 aliphatic rings. The molecule has 11 heavy (non-hydrogen) atoms. The first kappa shape index (κ1) is 8.49. The molecule has 0 bridgehead atoms. The van der Waals surface area contributed by atoms with Crippen LogP contribution < -0.4 is 0 Å². The molecule has 64 valence electrons. The molecule has 0 aromatic carbocycles. The summed E-state index contributed by atoms with van der Waals surface area (Å²) in [6, 6.07) is 0.0395. The SMILES string of the molecule is COCC(=O)N1CCC1CO. The van der Waals surface area contributed by atoms with E-state index >= 15 is 0 Å². The Labute approximate surface area is 65.8 Å². The maximum atomic E-state index is 11.1. The molecule has 1 N–H and O–H groups in total. The van der Waals surface area contributed by atoms with Crippen LogP contribution in [0.3, 0.4) is 0 Å². The number of ether oxygens (including phenoxy) is 1. The van der Waals surface area contributed by atoms with Gasteiger partial charge in [0.2, 0.25) is 5.91 Å². The van der Waals surface area contributed by atoms with E-state index in [9.17, 15) is 4.79 Å². The highest BCUT2D eigenvalue weighted by atomic mass is 16.5. The van der Waals surface area contributed by atoms with Crippen LogP contribution >= 0.6 is 0 Å². The monoisotopic (exact) mass is 159 g/mol. The molecule has 4 heteroatoms. The van der Waals surface area contributed by atoms with E-state index in [4.69, 9.17) is 5.11 Å². The number of methoxy groups -OCH3 is 1. The Morgan fingerprint density at radius 3 is 2.91 bits per heavy atom. The van der Waals surface area contributed by atoms with Crippen LogP contribution in [0.4, 0.5) is 0 Å². The number of nitrogens with zero attached hydrogens (tertiary/aromatic N) is 1. The van der Waals surface area contributed by atoms with E-state index in [1.54, 1.807) is 4.90 Å². The average Bonchev–Trinajstić information content (AvgIpc) is 1.86. The van der Waals surface area contributed by atoms with Crippen LogP contribution in [-0.4, -0.2) is 48.8 Å². The first-order valence-electron chi connectivity index (χ1n) is 3.69. The van der Waals surface area contributed by atoms with E-state index < -0.39 is 0 Å². The summed E-state index contributed by atoms with van der Waals surface area (Å²) < 4.78 is 4.68. The predicted octanol–water partition coefficient (Wildman–Crippen LogP) is -0.774. The molecular weight excluding hydrogens is 146 g/mol. The number of carbonyl (C=O) groups excluding carboxylic acids is 1. The van der Waals surface area contributed by atoms with Crippen molar-refractivity contribution in [3.05, 3.63) is 0 Å². The number of likely N-dealkylation sites (tertiary alicyclic amines) is 1. The molecule has 0 aromatic rings. The van der Waals surface area contributed by atoms with Crippen molar-refractivity contribution in [3.63, 3.8) is 0 Å². The second kappa shape index (κ2) is 3.69. The number of amides is 1. The lowest BCUT2D eigenvalue weighted by molar-refractivity contribution is -0.144. The van der Waals surface area contributed by atoms with E-state index in [1.807, 2.05) is 0 Å². The Hall–Kier alpha value is -0.610. The highest BCUT2D eigenvalue weighted by Gasteiger charge is 2.30. The summed E-state index contributed by atoms with van der Waals surface area (Å²) in [5.74, 6) is -0.0298. The number of hydrogen-bond donors (Lipinski definition) is 1. The van der Waals surface area contributed by atoms with E-state index in [2.05, 4.69) is 4.74 Å². The van der Waals surface area contributed by atoms with Gasteiger partial charge in [-0.1, -0.05) is 0 Å². The molecule has 1 amide bonds. The minimum atomic E-state index is -0.0298. The number of hydrogen-bond acceptors (Lipinski definition) is 3. The molecule has 4 nitrogen and oxygen atoms in total. The van der Waals surface area contributed by atoms with Gasteiger partial charge in [0, 0.05) is 13.7 Å². The smallest absolute Gasteiger partial charge is 0.248 e. The quantitative estimate of drug-likeness (QED) is 0.588. The zero-order chi connectivity index (χ0) is 8.27. The predicted molar refractivity (Wildman–Crippen MR) is 39.1 cm³/mol. The van der Waals surface area contributed by atoms with Crippen molar-refractivity contribution in [2.24, 2.45) is 0 Å². The maximum absolute atomic E-state index is 11.1. The summed E-state index contributed by atoms with van der Waals surface area (Å²) in [6.45, 7) is 0.944. The fourth-order valence-corrected chi connectivity index (χ4v) is 1.17. The Morgan fingerprint density at radius 1 is 1.82 bits per heavy atom. The van der Waals surface area contributed by atoms with Gasteiger partial charge in [0.15, 0.2) is 0 Å². The van der Waals surface area contributed by atoms with Gasteiger partial charge in [0.25, 0.3) is 0 Å². The lowest BCUT2D eigenvalue weighted by Gasteiger charge is -2.39. The van der Waals surface area contributed by atoms with Gasteiger partial charge in [-0.25, -0.2) is 0 Å². The summed E-state index contributed by atoms with van der Waals surface area (Å²) in [7, 11) is 1.49. The van der Waals surface area contributed by atoms with Gasteiger partial charge in [-0.2, -0.15) is 0 Å². The van der Waals surface area contributed by atoms with Gasteiger partial charge in [-0.3, -0.25) is 4.79 Å². The molecule has 1 saturated heterocycles. The molecule has 1 atom stereocenters. The minimum Gasteiger partial charge on any atom is -0.394 e.